The highest BCUT2D eigenvalue weighted by Gasteiger charge is 2.49. The van der Waals surface area contributed by atoms with Crippen molar-refractivity contribution in [3.63, 3.8) is 0 Å². The summed E-state index contributed by atoms with van der Waals surface area (Å²) < 4.78 is 5.37. The first kappa shape index (κ1) is 19.6. The molecule has 2 heterocycles. The molecule has 6 nitrogen and oxygen atoms in total. The van der Waals surface area contributed by atoms with E-state index in [9.17, 15) is 9.59 Å². The molecule has 0 aromatic heterocycles. The van der Waals surface area contributed by atoms with Gasteiger partial charge in [0.2, 0.25) is 0 Å². The molecule has 1 spiro atoms. The second kappa shape index (κ2) is 7.51. The lowest BCUT2D eigenvalue weighted by molar-refractivity contribution is -0.0129. The number of nitrogens with zero attached hydrogens (tertiary/aromatic N) is 1. The number of amides is 2. The lowest BCUT2D eigenvalue weighted by Gasteiger charge is -2.54. The summed E-state index contributed by atoms with van der Waals surface area (Å²) in [7, 11) is 0. The van der Waals surface area contributed by atoms with Crippen LogP contribution in [0, 0.1) is 23.7 Å². The van der Waals surface area contributed by atoms with E-state index in [0.29, 0.717) is 24.9 Å². The Labute approximate surface area is 184 Å². The van der Waals surface area contributed by atoms with Crippen molar-refractivity contribution in [3.8, 4) is 0 Å². The number of piperidine rings is 1. The minimum Gasteiger partial charge on any atom is -0.359 e. The monoisotopic (exact) mass is 423 g/mol. The third-order valence-corrected chi connectivity index (χ3v) is 8.95. The quantitative estimate of drug-likeness (QED) is 0.674. The van der Waals surface area contributed by atoms with Crippen molar-refractivity contribution in [2.75, 3.05) is 19.6 Å². The molecule has 31 heavy (non-hydrogen) atoms. The Morgan fingerprint density at radius 2 is 1.68 bits per heavy atom. The Kier molecular flexibility index (Phi) is 4.74. The Morgan fingerprint density at radius 1 is 1.00 bits per heavy atom. The molecule has 0 radical (unpaired) electrons. The number of nitrogens with one attached hydrogen (secondary N) is 2. The largest absolute Gasteiger partial charge is 0.419 e. The first-order chi connectivity index (χ1) is 15.1. The van der Waals surface area contributed by atoms with Gasteiger partial charge in [0.25, 0.3) is 0 Å². The van der Waals surface area contributed by atoms with E-state index in [1.54, 1.807) is 4.90 Å². The normalized spacial score (nSPS) is 35.0. The number of fused-ring (bicyclic) bond motifs is 2. The molecule has 6 heteroatoms. The number of ether oxygens (including phenoxy) is 1. The van der Waals surface area contributed by atoms with Crippen molar-refractivity contribution in [2.45, 2.75) is 62.9 Å². The van der Waals surface area contributed by atoms with Gasteiger partial charge >= 0.3 is 12.2 Å². The third kappa shape index (κ3) is 3.43. The minimum absolute atomic E-state index is 0.0446. The van der Waals surface area contributed by atoms with Crippen molar-refractivity contribution in [2.24, 2.45) is 23.7 Å². The number of rotatable bonds is 1. The highest BCUT2D eigenvalue weighted by molar-refractivity contribution is 5.84. The second-order valence-electron chi connectivity index (χ2n) is 10.8. The first-order valence-electron chi connectivity index (χ1n) is 12.2. The zero-order valence-electron chi connectivity index (χ0n) is 18.1. The highest BCUT2D eigenvalue weighted by atomic mass is 16.6. The molecule has 7 rings (SSSR count). The van der Waals surface area contributed by atoms with Gasteiger partial charge in [-0.3, -0.25) is 0 Å². The maximum absolute atomic E-state index is 13.0. The average Bonchev–Trinajstić information content (AvgIpc) is 2.76. The molecule has 4 saturated carbocycles. The van der Waals surface area contributed by atoms with Gasteiger partial charge in [-0.25, -0.2) is 9.59 Å². The zero-order chi connectivity index (χ0) is 21.0. The van der Waals surface area contributed by atoms with Gasteiger partial charge in [0.1, 0.15) is 0 Å². The molecule has 0 unspecified atom stereocenters. The van der Waals surface area contributed by atoms with Crippen molar-refractivity contribution in [1.82, 2.24) is 15.5 Å². The van der Waals surface area contributed by atoms with Crippen LogP contribution in [0.5, 0.6) is 0 Å². The summed E-state index contributed by atoms with van der Waals surface area (Å²) >= 11 is 0. The van der Waals surface area contributed by atoms with E-state index in [4.69, 9.17) is 4.74 Å². The second-order valence-corrected chi connectivity index (χ2v) is 10.8. The summed E-state index contributed by atoms with van der Waals surface area (Å²) in [5.74, 6) is 2.85. The number of benzene rings is 1. The number of carbonyl (C=O) groups excluding carboxylic acids is 2. The van der Waals surface area contributed by atoms with E-state index in [2.05, 4.69) is 28.8 Å². The summed E-state index contributed by atoms with van der Waals surface area (Å²) in [6.45, 7) is 3.03. The van der Waals surface area contributed by atoms with Crippen molar-refractivity contribution in [3.05, 3.63) is 35.4 Å². The maximum Gasteiger partial charge on any atom is 0.419 e. The lowest BCUT2D eigenvalue weighted by atomic mass is 9.54. The molecule has 2 N–H and O–H groups in total. The molecular weight excluding hydrogens is 390 g/mol. The summed E-state index contributed by atoms with van der Waals surface area (Å²) in [4.78, 5) is 27.5. The molecule has 166 valence electrons. The standard InChI is InChI=1S/C25H33N3O3/c29-23(27-22-19-10-16-9-17(12-19)13-20(22)11-16)31-24(30)28-14-18-3-1-2-4-21(18)25(15-28)5-7-26-8-6-25/h1-4,16-17,19-20,22,26H,5-15H2,(H,27,29). The molecule has 0 atom stereocenters. The summed E-state index contributed by atoms with van der Waals surface area (Å²) in [5.41, 5.74) is 2.49. The van der Waals surface area contributed by atoms with Gasteiger partial charge < -0.3 is 20.3 Å². The van der Waals surface area contributed by atoms with Crippen molar-refractivity contribution >= 4 is 12.2 Å². The van der Waals surface area contributed by atoms with Gasteiger partial charge in [-0.1, -0.05) is 24.3 Å². The van der Waals surface area contributed by atoms with Crippen molar-refractivity contribution < 1.29 is 14.3 Å². The summed E-state index contributed by atoms with van der Waals surface area (Å²) in [5, 5.41) is 6.54. The topological polar surface area (TPSA) is 70.7 Å². The van der Waals surface area contributed by atoms with Gasteiger partial charge in [-0.05, 0) is 92.8 Å². The molecule has 2 amide bonds. The smallest absolute Gasteiger partial charge is 0.359 e. The van der Waals surface area contributed by atoms with Crippen LogP contribution in [0.3, 0.4) is 0 Å². The molecular formula is C25H33N3O3. The molecule has 2 aliphatic heterocycles. The predicted octanol–water partition coefficient (Wildman–Crippen LogP) is 3.79. The molecule has 1 saturated heterocycles. The van der Waals surface area contributed by atoms with E-state index in [-0.39, 0.29) is 11.5 Å². The van der Waals surface area contributed by atoms with Gasteiger partial charge in [-0.15, -0.1) is 0 Å². The van der Waals surface area contributed by atoms with Crippen LogP contribution >= 0.6 is 0 Å². The Morgan fingerprint density at radius 3 is 2.39 bits per heavy atom. The van der Waals surface area contributed by atoms with E-state index in [0.717, 1.165) is 37.8 Å². The Balaban J connectivity index is 1.13. The van der Waals surface area contributed by atoms with Crippen LogP contribution in [0.2, 0.25) is 0 Å². The molecule has 6 aliphatic rings. The third-order valence-electron chi connectivity index (χ3n) is 8.95. The number of carbonyl (C=O) groups is 2. The van der Waals surface area contributed by atoms with Gasteiger partial charge in [0.05, 0.1) is 0 Å². The van der Waals surface area contributed by atoms with E-state index >= 15 is 0 Å². The van der Waals surface area contributed by atoms with Crippen molar-refractivity contribution in [1.29, 1.82) is 0 Å². The Hall–Kier alpha value is -2.08. The number of hydrogen-bond donors (Lipinski definition) is 2. The maximum atomic E-state index is 13.0. The summed E-state index contributed by atoms with van der Waals surface area (Å²) in [6, 6.07) is 8.62. The number of alkyl carbamates (subject to hydrolysis) is 1. The fourth-order valence-corrected chi connectivity index (χ4v) is 7.82. The highest BCUT2D eigenvalue weighted by Crippen LogP contribution is 2.53. The van der Waals surface area contributed by atoms with Gasteiger partial charge in [-0.2, -0.15) is 0 Å². The van der Waals surface area contributed by atoms with Crippen LogP contribution in [0.1, 0.15) is 56.1 Å². The average molecular weight is 424 g/mol. The zero-order valence-corrected chi connectivity index (χ0v) is 18.1. The van der Waals surface area contributed by atoms with E-state index in [1.165, 1.54) is 43.2 Å². The van der Waals surface area contributed by atoms with Crippen LogP contribution in [-0.2, 0) is 16.7 Å². The van der Waals surface area contributed by atoms with Crippen LogP contribution in [0.4, 0.5) is 9.59 Å². The minimum atomic E-state index is -0.555. The van der Waals surface area contributed by atoms with Gasteiger partial charge in [0, 0.05) is 24.5 Å². The van der Waals surface area contributed by atoms with Crippen LogP contribution in [0.25, 0.3) is 0 Å². The molecule has 5 fully saturated rings. The Bertz CT molecular complexity index is 851. The predicted molar refractivity (Wildman–Crippen MR) is 116 cm³/mol. The summed E-state index contributed by atoms with van der Waals surface area (Å²) in [6.07, 6.45) is 7.22. The fraction of sp³-hybridized carbons (Fsp3) is 0.680. The molecule has 1 aromatic rings. The first-order valence-corrected chi connectivity index (χ1v) is 12.2. The number of hydrogen-bond acceptors (Lipinski definition) is 4. The van der Waals surface area contributed by atoms with Crippen LogP contribution in [0.15, 0.2) is 24.3 Å². The SMILES string of the molecule is O=C(NC1C2CC3CC(C2)CC1C3)OC(=O)N1Cc2ccccc2C2(CCNCC2)C1. The van der Waals surface area contributed by atoms with E-state index < -0.39 is 12.2 Å². The van der Waals surface area contributed by atoms with Gasteiger partial charge in [0.15, 0.2) is 0 Å². The lowest BCUT2D eigenvalue weighted by Crippen LogP contribution is -2.57. The molecule has 1 aromatic carbocycles. The van der Waals surface area contributed by atoms with E-state index in [1.807, 2.05) is 6.07 Å². The molecule has 4 bridgehead atoms. The molecule has 4 aliphatic carbocycles. The fourth-order valence-electron chi connectivity index (χ4n) is 7.82. The van der Waals surface area contributed by atoms with Crippen LogP contribution in [-0.4, -0.2) is 42.8 Å². The van der Waals surface area contributed by atoms with Crippen LogP contribution < -0.4 is 10.6 Å².